The number of piperidine rings is 1. The molecule has 1 aliphatic rings. The summed E-state index contributed by atoms with van der Waals surface area (Å²) >= 11 is 1.33. The number of rotatable bonds is 7. The number of carbonyl (C=O) groups is 1. The Morgan fingerprint density at radius 1 is 1.21 bits per heavy atom. The van der Waals surface area contributed by atoms with E-state index < -0.39 is 17.4 Å². The SMILES string of the molecule is Cc1c(Oc2c(F)cccc2F)ccc(NC(=O)c2csc(-c3ccnnc3)n2)c1N1CCC[C@@H](CN)C1. The highest BCUT2D eigenvalue weighted by atomic mass is 32.1. The van der Waals surface area contributed by atoms with Gasteiger partial charge in [-0.15, -0.1) is 11.3 Å². The standard InChI is InChI=1S/C27H26F2N6O2S/c1-16-23(37-25-19(28)5-2-6-20(25)29)8-7-21(24(16)35-11-3-4-17(12-30)14-35)33-26(36)22-15-38-27(34-22)18-9-10-31-32-13-18/h2,5-10,13,15,17H,3-4,11-12,14,30H2,1H3,(H,33,36)/t17-/m0/s1. The number of nitrogens with zero attached hydrogens (tertiary/aromatic N) is 4. The first kappa shape index (κ1) is 25.7. The molecule has 0 radical (unpaired) electrons. The van der Waals surface area contributed by atoms with Gasteiger partial charge in [0.2, 0.25) is 0 Å². The number of hydrogen-bond acceptors (Lipinski definition) is 8. The molecule has 3 N–H and O–H groups in total. The van der Waals surface area contributed by atoms with Gasteiger partial charge in [-0.05, 0) is 62.6 Å². The molecule has 0 bridgehead atoms. The van der Waals surface area contributed by atoms with Crippen LogP contribution in [-0.2, 0) is 0 Å². The number of benzene rings is 2. The predicted molar refractivity (Wildman–Crippen MR) is 143 cm³/mol. The molecule has 5 rings (SSSR count). The summed E-state index contributed by atoms with van der Waals surface area (Å²) in [4.78, 5) is 19.8. The van der Waals surface area contributed by atoms with Gasteiger partial charge in [-0.25, -0.2) is 13.8 Å². The lowest BCUT2D eigenvalue weighted by molar-refractivity contribution is 0.102. The lowest BCUT2D eigenvalue weighted by atomic mass is 9.96. The Morgan fingerprint density at radius 2 is 2.03 bits per heavy atom. The number of hydrogen-bond donors (Lipinski definition) is 2. The van der Waals surface area contributed by atoms with E-state index in [4.69, 9.17) is 10.5 Å². The molecule has 2 aromatic heterocycles. The average Bonchev–Trinajstić information content (AvgIpc) is 3.43. The molecule has 0 spiro atoms. The number of nitrogens with two attached hydrogens (primary N) is 1. The Balaban J connectivity index is 1.48. The first-order valence-electron chi connectivity index (χ1n) is 12.2. The first-order chi connectivity index (χ1) is 18.4. The molecular formula is C27H26F2N6O2S. The van der Waals surface area contributed by atoms with Crippen molar-refractivity contribution in [3.05, 3.63) is 77.1 Å². The molecule has 1 aliphatic heterocycles. The van der Waals surface area contributed by atoms with Crippen molar-refractivity contribution in [1.29, 1.82) is 0 Å². The Bertz CT molecular complexity index is 1430. The zero-order valence-corrected chi connectivity index (χ0v) is 21.5. The molecule has 1 atom stereocenters. The quantitative estimate of drug-likeness (QED) is 0.325. The average molecular weight is 537 g/mol. The summed E-state index contributed by atoms with van der Waals surface area (Å²) in [6.07, 6.45) is 5.09. The molecule has 38 heavy (non-hydrogen) atoms. The number of halogens is 2. The monoisotopic (exact) mass is 536 g/mol. The number of thiazole rings is 1. The third-order valence-corrected chi connectivity index (χ3v) is 7.39. The van der Waals surface area contributed by atoms with Crippen molar-refractivity contribution in [2.45, 2.75) is 19.8 Å². The fourth-order valence-corrected chi connectivity index (χ4v) is 5.36. The fourth-order valence-electron chi connectivity index (χ4n) is 4.57. The van der Waals surface area contributed by atoms with Crippen LogP contribution >= 0.6 is 11.3 Å². The van der Waals surface area contributed by atoms with Gasteiger partial charge in [-0.1, -0.05) is 6.07 Å². The summed E-state index contributed by atoms with van der Waals surface area (Å²) in [6, 6.07) is 8.62. The van der Waals surface area contributed by atoms with Crippen LogP contribution in [0.2, 0.25) is 0 Å². The molecule has 1 fully saturated rings. The summed E-state index contributed by atoms with van der Waals surface area (Å²) in [7, 11) is 0. The fraction of sp³-hybridized carbons (Fsp3) is 0.259. The molecule has 3 heterocycles. The highest BCUT2D eigenvalue weighted by molar-refractivity contribution is 7.13. The van der Waals surface area contributed by atoms with Crippen molar-refractivity contribution < 1.29 is 18.3 Å². The van der Waals surface area contributed by atoms with Crippen LogP contribution in [0.25, 0.3) is 10.6 Å². The number of nitrogens with one attached hydrogen (secondary N) is 1. The molecule has 4 aromatic rings. The molecule has 0 unspecified atom stereocenters. The number of amides is 1. The van der Waals surface area contributed by atoms with E-state index in [-0.39, 0.29) is 23.3 Å². The molecule has 8 nitrogen and oxygen atoms in total. The maximum absolute atomic E-state index is 14.3. The van der Waals surface area contributed by atoms with Gasteiger partial charge < -0.3 is 20.7 Å². The maximum atomic E-state index is 14.3. The second-order valence-corrected chi connectivity index (χ2v) is 9.91. The van der Waals surface area contributed by atoms with E-state index in [1.54, 1.807) is 36.0 Å². The minimum Gasteiger partial charge on any atom is -0.451 e. The lowest BCUT2D eigenvalue weighted by Crippen LogP contribution is -2.39. The van der Waals surface area contributed by atoms with Crippen LogP contribution in [0.5, 0.6) is 11.5 Å². The summed E-state index contributed by atoms with van der Waals surface area (Å²) in [6.45, 7) is 3.78. The van der Waals surface area contributed by atoms with E-state index in [0.717, 1.165) is 42.8 Å². The molecule has 2 aromatic carbocycles. The van der Waals surface area contributed by atoms with E-state index in [2.05, 4.69) is 25.4 Å². The maximum Gasteiger partial charge on any atom is 0.275 e. The zero-order valence-electron chi connectivity index (χ0n) is 20.7. The molecule has 196 valence electrons. The van der Waals surface area contributed by atoms with Crippen LogP contribution in [-0.4, -0.2) is 40.7 Å². The zero-order chi connectivity index (χ0) is 26.6. The van der Waals surface area contributed by atoms with Crippen molar-refractivity contribution in [2.24, 2.45) is 11.7 Å². The van der Waals surface area contributed by atoms with E-state index in [9.17, 15) is 13.6 Å². The number of anilines is 2. The first-order valence-corrected chi connectivity index (χ1v) is 13.1. The van der Waals surface area contributed by atoms with Crippen LogP contribution in [0.3, 0.4) is 0 Å². The molecule has 0 aliphatic carbocycles. The molecule has 11 heteroatoms. The topological polar surface area (TPSA) is 106 Å². The minimum absolute atomic E-state index is 0.262. The second kappa shape index (κ2) is 11.2. The van der Waals surface area contributed by atoms with Gasteiger partial charge in [-0.3, -0.25) is 4.79 Å². The van der Waals surface area contributed by atoms with Crippen molar-refractivity contribution in [2.75, 3.05) is 29.9 Å². The summed E-state index contributed by atoms with van der Waals surface area (Å²) in [5.41, 5.74) is 8.91. The molecular weight excluding hydrogens is 510 g/mol. The van der Waals surface area contributed by atoms with Crippen molar-refractivity contribution in [1.82, 2.24) is 15.2 Å². The third kappa shape index (κ3) is 5.34. The van der Waals surface area contributed by atoms with Crippen molar-refractivity contribution >= 4 is 28.6 Å². The van der Waals surface area contributed by atoms with Crippen molar-refractivity contribution in [3.8, 4) is 22.1 Å². The summed E-state index contributed by atoms with van der Waals surface area (Å²) in [5, 5.41) is 12.9. The van der Waals surface area contributed by atoms with Gasteiger partial charge in [0.1, 0.15) is 16.5 Å². The Hall–Kier alpha value is -3.96. The minimum atomic E-state index is -0.798. The second-order valence-electron chi connectivity index (χ2n) is 9.05. The van der Waals surface area contributed by atoms with Gasteiger partial charge in [-0.2, -0.15) is 10.2 Å². The van der Waals surface area contributed by atoms with Crippen molar-refractivity contribution in [3.63, 3.8) is 0 Å². The number of aromatic nitrogens is 3. The molecule has 1 saturated heterocycles. The van der Waals surface area contributed by atoms with Gasteiger partial charge in [0.15, 0.2) is 17.4 Å². The van der Waals surface area contributed by atoms with Crippen LogP contribution in [0.4, 0.5) is 20.2 Å². The largest absolute Gasteiger partial charge is 0.451 e. The smallest absolute Gasteiger partial charge is 0.275 e. The van der Waals surface area contributed by atoms with Gasteiger partial charge >= 0.3 is 0 Å². The number of ether oxygens (including phenoxy) is 1. The number of para-hydroxylation sites is 1. The van der Waals surface area contributed by atoms with Gasteiger partial charge in [0, 0.05) is 29.6 Å². The normalized spacial score (nSPS) is 15.4. The summed E-state index contributed by atoms with van der Waals surface area (Å²) < 4.78 is 34.4. The van der Waals surface area contributed by atoms with Crippen LogP contribution in [0, 0.1) is 24.5 Å². The third-order valence-electron chi connectivity index (χ3n) is 6.50. The highest BCUT2D eigenvalue weighted by Crippen LogP contribution is 2.40. The van der Waals surface area contributed by atoms with E-state index in [0.29, 0.717) is 29.3 Å². The molecule has 1 amide bonds. The summed E-state index contributed by atoms with van der Waals surface area (Å²) in [5.74, 6) is -1.87. The Morgan fingerprint density at radius 3 is 2.76 bits per heavy atom. The van der Waals surface area contributed by atoms with E-state index >= 15 is 0 Å². The molecule has 0 saturated carbocycles. The lowest BCUT2D eigenvalue weighted by Gasteiger charge is -2.36. The van der Waals surface area contributed by atoms with Crippen LogP contribution in [0.15, 0.2) is 54.2 Å². The van der Waals surface area contributed by atoms with Crippen LogP contribution < -0.4 is 20.7 Å². The highest BCUT2D eigenvalue weighted by Gasteiger charge is 2.26. The Labute approximate surface area is 222 Å². The van der Waals surface area contributed by atoms with E-state index in [1.165, 1.54) is 17.4 Å². The predicted octanol–water partition coefficient (Wildman–Crippen LogP) is 5.41. The van der Waals surface area contributed by atoms with Crippen LogP contribution in [0.1, 0.15) is 28.9 Å². The number of carbonyl (C=O) groups excluding carboxylic acids is 1. The van der Waals surface area contributed by atoms with Gasteiger partial charge in [0.05, 0.1) is 23.8 Å². The Kier molecular flexibility index (Phi) is 7.57. The van der Waals surface area contributed by atoms with E-state index in [1.807, 2.05) is 6.92 Å². The van der Waals surface area contributed by atoms with Gasteiger partial charge in [0.25, 0.3) is 5.91 Å².